The third kappa shape index (κ3) is 2.13. The molecule has 1 atom stereocenters. The molecule has 2 N–H and O–H groups in total. The monoisotopic (exact) mass is 217 g/mol. The van der Waals surface area contributed by atoms with Gasteiger partial charge in [-0.05, 0) is 25.3 Å². The fourth-order valence-electron chi connectivity index (χ4n) is 1.68. The van der Waals surface area contributed by atoms with Gasteiger partial charge in [0.2, 0.25) is 5.91 Å². The second-order valence-electron chi connectivity index (χ2n) is 4.38. The van der Waals surface area contributed by atoms with Gasteiger partial charge in [0.05, 0.1) is 5.92 Å². The van der Waals surface area contributed by atoms with Crippen LogP contribution in [0.4, 0.5) is 0 Å². The number of ketones is 1. The maximum absolute atomic E-state index is 11.7. The van der Waals surface area contributed by atoms with E-state index in [4.69, 9.17) is 5.73 Å². The largest absolute Gasteiger partial charge is 0.369 e. The minimum absolute atomic E-state index is 0.221. The second kappa shape index (κ2) is 4.08. The van der Waals surface area contributed by atoms with Gasteiger partial charge in [0, 0.05) is 11.5 Å². The quantitative estimate of drug-likeness (QED) is 0.782. The van der Waals surface area contributed by atoms with Gasteiger partial charge in [0.15, 0.2) is 5.78 Å². The van der Waals surface area contributed by atoms with Crippen molar-refractivity contribution >= 4 is 11.7 Å². The fourth-order valence-corrected chi connectivity index (χ4v) is 1.68. The average Bonchev–Trinajstić information content (AvgIpc) is 3.11. The minimum Gasteiger partial charge on any atom is -0.369 e. The van der Waals surface area contributed by atoms with Gasteiger partial charge in [-0.25, -0.2) is 0 Å². The van der Waals surface area contributed by atoms with Crippen LogP contribution in [-0.2, 0) is 4.79 Å². The van der Waals surface area contributed by atoms with Crippen LogP contribution in [0.3, 0.4) is 0 Å². The molecule has 16 heavy (non-hydrogen) atoms. The first-order valence-electron chi connectivity index (χ1n) is 5.53. The summed E-state index contributed by atoms with van der Waals surface area (Å²) in [6, 6.07) is 7.20. The smallest absolute Gasteiger partial charge is 0.224 e. The van der Waals surface area contributed by atoms with Crippen molar-refractivity contribution in [2.24, 2.45) is 11.7 Å². The molecule has 3 nitrogen and oxygen atoms in total. The highest BCUT2D eigenvalue weighted by molar-refractivity contribution is 5.99. The lowest BCUT2D eigenvalue weighted by atomic mass is 9.97. The Labute approximate surface area is 94.6 Å². The Hall–Kier alpha value is -1.64. The van der Waals surface area contributed by atoms with E-state index in [1.165, 1.54) is 0 Å². The van der Waals surface area contributed by atoms with E-state index in [2.05, 4.69) is 0 Å². The van der Waals surface area contributed by atoms with Crippen molar-refractivity contribution in [3.05, 3.63) is 35.4 Å². The molecule has 1 aromatic rings. The summed E-state index contributed by atoms with van der Waals surface area (Å²) in [5.41, 5.74) is 6.82. The molecule has 1 aromatic carbocycles. The SMILES string of the molecule is CC(C(N)=O)c1ccc(C(=O)C2CC2)cc1. The number of carbonyl (C=O) groups is 2. The van der Waals surface area contributed by atoms with E-state index < -0.39 is 0 Å². The van der Waals surface area contributed by atoms with Crippen molar-refractivity contribution in [3.8, 4) is 0 Å². The Bertz CT molecular complexity index is 418. The van der Waals surface area contributed by atoms with Gasteiger partial charge in [0.25, 0.3) is 0 Å². The molecular weight excluding hydrogens is 202 g/mol. The zero-order chi connectivity index (χ0) is 11.7. The first-order valence-corrected chi connectivity index (χ1v) is 5.53. The number of primary amides is 1. The topological polar surface area (TPSA) is 60.2 Å². The standard InChI is InChI=1S/C13H15NO2/c1-8(13(14)16)9-2-4-10(5-3-9)12(15)11-6-7-11/h2-5,8,11H,6-7H2,1H3,(H2,14,16). The molecule has 84 valence electrons. The molecule has 1 unspecified atom stereocenters. The summed E-state index contributed by atoms with van der Waals surface area (Å²) in [6.07, 6.45) is 2.02. The molecule has 1 fully saturated rings. The van der Waals surface area contributed by atoms with Crippen LogP contribution in [0.1, 0.15) is 41.6 Å². The molecule has 0 radical (unpaired) electrons. The van der Waals surface area contributed by atoms with E-state index in [-0.39, 0.29) is 23.5 Å². The Kier molecular flexibility index (Phi) is 2.77. The summed E-state index contributed by atoms with van der Waals surface area (Å²) < 4.78 is 0. The van der Waals surface area contributed by atoms with E-state index in [0.29, 0.717) is 0 Å². The van der Waals surface area contributed by atoms with Crippen LogP contribution in [0, 0.1) is 5.92 Å². The van der Waals surface area contributed by atoms with Gasteiger partial charge >= 0.3 is 0 Å². The average molecular weight is 217 g/mol. The predicted molar refractivity (Wildman–Crippen MR) is 61.1 cm³/mol. The van der Waals surface area contributed by atoms with Gasteiger partial charge in [-0.2, -0.15) is 0 Å². The van der Waals surface area contributed by atoms with Gasteiger partial charge in [-0.3, -0.25) is 9.59 Å². The van der Waals surface area contributed by atoms with Crippen LogP contribution in [0.15, 0.2) is 24.3 Å². The highest BCUT2D eigenvalue weighted by Gasteiger charge is 2.30. The Morgan fingerprint density at radius 2 is 1.81 bits per heavy atom. The number of hydrogen-bond donors (Lipinski definition) is 1. The van der Waals surface area contributed by atoms with E-state index in [1.807, 2.05) is 12.1 Å². The Morgan fingerprint density at radius 3 is 2.25 bits per heavy atom. The Morgan fingerprint density at radius 1 is 1.25 bits per heavy atom. The molecule has 0 bridgehead atoms. The zero-order valence-electron chi connectivity index (χ0n) is 9.27. The summed E-state index contributed by atoms with van der Waals surface area (Å²) in [6.45, 7) is 1.76. The van der Waals surface area contributed by atoms with E-state index >= 15 is 0 Å². The molecule has 1 amide bonds. The molecule has 0 aromatic heterocycles. The Balaban J connectivity index is 2.15. The van der Waals surface area contributed by atoms with Crippen LogP contribution in [0.5, 0.6) is 0 Å². The van der Waals surface area contributed by atoms with Crippen LogP contribution in [-0.4, -0.2) is 11.7 Å². The molecule has 0 spiro atoms. The molecule has 2 rings (SSSR count). The van der Waals surface area contributed by atoms with Crippen LogP contribution >= 0.6 is 0 Å². The van der Waals surface area contributed by atoms with Crippen LogP contribution in [0.2, 0.25) is 0 Å². The van der Waals surface area contributed by atoms with Gasteiger partial charge in [0.1, 0.15) is 0 Å². The van der Waals surface area contributed by atoms with E-state index in [0.717, 1.165) is 24.0 Å². The number of nitrogens with two attached hydrogens (primary N) is 1. The number of amides is 1. The summed E-state index contributed by atoms with van der Waals surface area (Å²) in [7, 11) is 0. The van der Waals surface area contributed by atoms with Crippen molar-refractivity contribution in [2.45, 2.75) is 25.7 Å². The zero-order valence-corrected chi connectivity index (χ0v) is 9.27. The molecule has 1 aliphatic carbocycles. The molecule has 0 heterocycles. The maximum Gasteiger partial charge on any atom is 0.224 e. The fraction of sp³-hybridized carbons (Fsp3) is 0.385. The molecule has 0 aliphatic heterocycles. The summed E-state index contributed by atoms with van der Waals surface area (Å²) in [5.74, 6) is -0.191. The van der Waals surface area contributed by atoms with Crippen molar-refractivity contribution in [2.75, 3.05) is 0 Å². The number of carbonyl (C=O) groups excluding carboxylic acids is 2. The van der Waals surface area contributed by atoms with Gasteiger partial charge in [-0.15, -0.1) is 0 Å². The number of rotatable bonds is 4. The van der Waals surface area contributed by atoms with Gasteiger partial charge in [-0.1, -0.05) is 24.3 Å². The van der Waals surface area contributed by atoms with Crippen LogP contribution < -0.4 is 5.73 Å². The molecule has 3 heteroatoms. The van der Waals surface area contributed by atoms with Crippen molar-refractivity contribution in [1.82, 2.24) is 0 Å². The minimum atomic E-state index is -0.346. The van der Waals surface area contributed by atoms with E-state index in [1.54, 1.807) is 19.1 Å². The van der Waals surface area contributed by atoms with E-state index in [9.17, 15) is 9.59 Å². The lowest BCUT2D eigenvalue weighted by Crippen LogP contribution is -2.18. The molecule has 0 saturated heterocycles. The normalized spacial score (nSPS) is 16.8. The first kappa shape index (κ1) is 10.9. The molecular formula is C13H15NO2. The summed E-state index contributed by atoms with van der Waals surface area (Å²) in [4.78, 5) is 22.7. The van der Waals surface area contributed by atoms with Crippen LogP contribution in [0.25, 0.3) is 0 Å². The summed E-state index contributed by atoms with van der Waals surface area (Å²) >= 11 is 0. The highest BCUT2D eigenvalue weighted by Crippen LogP contribution is 2.32. The number of hydrogen-bond acceptors (Lipinski definition) is 2. The number of benzene rings is 1. The lowest BCUT2D eigenvalue weighted by molar-refractivity contribution is -0.119. The lowest BCUT2D eigenvalue weighted by Gasteiger charge is -2.08. The first-order chi connectivity index (χ1) is 7.59. The van der Waals surface area contributed by atoms with Crippen molar-refractivity contribution in [1.29, 1.82) is 0 Å². The predicted octanol–water partition coefficient (Wildman–Crippen LogP) is 1.87. The van der Waals surface area contributed by atoms with Crippen molar-refractivity contribution < 1.29 is 9.59 Å². The second-order valence-corrected chi connectivity index (χ2v) is 4.38. The van der Waals surface area contributed by atoms with Crippen molar-refractivity contribution in [3.63, 3.8) is 0 Å². The molecule has 1 aliphatic rings. The highest BCUT2D eigenvalue weighted by atomic mass is 16.1. The third-order valence-electron chi connectivity index (χ3n) is 3.07. The molecule has 1 saturated carbocycles. The third-order valence-corrected chi connectivity index (χ3v) is 3.07. The maximum atomic E-state index is 11.7. The van der Waals surface area contributed by atoms with Gasteiger partial charge < -0.3 is 5.73 Å². The summed E-state index contributed by atoms with van der Waals surface area (Å²) in [5, 5.41) is 0. The number of Topliss-reactive ketones (excluding diaryl/α,β-unsaturated/α-hetero) is 1.